The van der Waals surface area contributed by atoms with Crippen LogP contribution in [0.15, 0.2) is 0 Å². The van der Waals surface area contributed by atoms with Crippen molar-refractivity contribution in [3.8, 4) is 6.07 Å². The van der Waals surface area contributed by atoms with Crippen molar-refractivity contribution in [1.82, 2.24) is 0 Å². The van der Waals surface area contributed by atoms with Crippen molar-refractivity contribution < 1.29 is 19.0 Å². The molecule has 1 N–H and O–H groups in total. The summed E-state index contributed by atoms with van der Waals surface area (Å²) in [4.78, 5) is 12.0. The van der Waals surface area contributed by atoms with Gasteiger partial charge in [0.25, 0.3) is 0 Å². The van der Waals surface area contributed by atoms with Crippen LogP contribution in [-0.2, 0) is 14.1 Å². The Kier molecular flexibility index (Phi) is 5.27. The molecule has 9 heavy (non-hydrogen) atoms. The van der Waals surface area contributed by atoms with E-state index in [1.807, 2.05) is 0 Å². The van der Waals surface area contributed by atoms with Crippen molar-refractivity contribution in [2.45, 2.75) is 6.42 Å². The summed E-state index contributed by atoms with van der Waals surface area (Å²) >= 11 is 0. The number of hydrogen-bond acceptors (Lipinski definition) is 4. The van der Waals surface area contributed by atoms with Gasteiger partial charge in [0.1, 0.15) is 6.61 Å². The Morgan fingerprint density at radius 2 is 2.44 bits per heavy atom. The van der Waals surface area contributed by atoms with Gasteiger partial charge in [-0.1, -0.05) is 0 Å². The molecule has 0 aromatic heterocycles. The minimum absolute atomic E-state index is 0.0120. The van der Waals surface area contributed by atoms with Crippen LogP contribution < -0.4 is 0 Å². The standard InChI is InChI=1S/C3H4NO4P/c4-2-1-3-7-8-9(5)6/h1,3H2/p+1. The van der Waals surface area contributed by atoms with Crippen LogP contribution in [0.2, 0.25) is 0 Å². The molecule has 0 rings (SSSR count). The third kappa shape index (κ3) is 7.47. The summed E-state index contributed by atoms with van der Waals surface area (Å²) in [6.45, 7) is 0.0120. The van der Waals surface area contributed by atoms with Gasteiger partial charge in [-0.3, -0.25) is 0 Å². The fourth-order valence-corrected chi connectivity index (χ4v) is 0.334. The Balaban J connectivity index is 2.94. The Morgan fingerprint density at radius 3 is 2.89 bits per heavy atom. The van der Waals surface area contributed by atoms with Crippen LogP contribution in [0.1, 0.15) is 6.42 Å². The number of rotatable bonds is 4. The van der Waals surface area contributed by atoms with E-state index >= 15 is 0 Å². The van der Waals surface area contributed by atoms with Gasteiger partial charge < -0.3 is 0 Å². The SMILES string of the molecule is N#CCCOO[P+](=O)O. The monoisotopic (exact) mass is 150 g/mol. The summed E-state index contributed by atoms with van der Waals surface area (Å²) in [6, 6.07) is 1.76. The highest BCUT2D eigenvalue weighted by Gasteiger charge is 2.12. The third-order valence-electron chi connectivity index (χ3n) is 0.414. The van der Waals surface area contributed by atoms with E-state index in [2.05, 4.69) is 9.56 Å². The molecule has 0 aliphatic carbocycles. The number of hydrogen-bond donors (Lipinski definition) is 1. The molecule has 5 nitrogen and oxygen atoms in total. The summed E-state index contributed by atoms with van der Waals surface area (Å²) in [5, 5.41) is 7.91. The molecule has 0 aromatic carbocycles. The summed E-state index contributed by atoms with van der Waals surface area (Å²) in [5.74, 6) is 0. The summed E-state index contributed by atoms with van der Waals surface area (Å²) in [6.07, 6.45) is 0.142. The summed E-state index contributed by atoms with van der Waals surface area (Å²) < 4.78 is 13.4. The van der Waals surface area contributed by atoms with Gasteiger partial charge in [0, 0.05) is 4.57 Å². The average Bonchev–Trinajstić information content (AvgIpc) is 1.80. The number of nitrogens with zero attached hydrogens (tertiary/aromatic N) is 1. The van der Waals surface area contributed by atoms with Crippen molar-refractivity contribution in [2.24, 2.45) is 0 Å². The first-order valence-electron chi connectivity index (χ1n) is 2.10. The molecule has 0 radical (unpaired) electrons. The lowest BCUT2D eigenvalue weighted by atomic mass is 10.5. The summed E-state index contributed by atoms with van der Waals surface area (Å²) in [5.41, 5.74) is 0. The van der Waals surface area contributed by atoms with Crippen molar-refractivity contribution >= 4 is 8.25 Å². The van der Waals surface area contributed by atoms with Crippen molar-refractivity contribution in [3.05, 3.63) is 0 Å². The first-order valence-corrected chi connectivity index (χ1v) is 3.23. The molecule has 0 aliphatic rings. The maximum absolute atomic E-state index is 9.68. The molecule has 0 fully saturated rings. The highest BCUT2D eigenvalue weighted by molar-refractivity contribution is 7.31. The molecule has 0 aromatic rings. The van der Waals surface area contributed by atoms with Crippen molar-refractivity contribution in [2.75, 3.05) is 6.61 Å². The quantitative estimate of drug-likeness (QED) is 0.273. The molecule has 0 saturated heterocycles. The van der Waals surface area contributed by atoms with Gasteiger partial charge in [0.05, 0.1) is 17.2 Å². The van der Waals surface area contributed by atoms with Gasteiger partial charge >= 0.3 is 8.25 Å². The second-order valence-corrected chi connectivity index (χ2v) is 1.67. The summed E-state index contributed by atoms with van der Waals surface area (Å²) in [7, 11) is -2.70. The third-order valence-corrected chi connectivity index (χ3v) is 0.647. The predicted molar refractivity (Wildman–Crippen MR) is 27.1 cm³/mol. The van der Waals surface area contributed by atoms with E-state index in [0.29, 0.717) is 0 Å². The van der Waals surface area contributed by atoms with Crippen LogP contribution in [-0.4, -0.2) is 11.5 Å². The fraction of sp³-hybridized carbons (Fsp3) is 0.667. The molecule has 6 heteroatoms. The minimum Gasteiger partial charge on any atom is -0.198 e. The smallest absolute Gasteiger partial charge is 0.198 e. The Labute approximate surface area is 52.7 Å². The van der Waals surface area contributed by atoms with E-state index in [4.69, 9.17) is 10.2 Å². The van der Waals surface area contributed by atoms with Crippen LogP contribution in [0.25, 0.3) is 0 Å². The van der Waals surface area contributed by atoms with Gasteiger partial charge in [0.2, 0.25) is 0 Å². The highest BCUT2D eigenvalue weighted by atomic mass is 31.1. The average molecular weight is 150 g/mol. The molecule has 0 aliphatic heterocycles. The largest absolute Gasteiger partial charge is 0.725 e. The van der Waals surface area contributed by atoms with Gasteiger partial charge in [0.15, 0.2) is 0 Å². The van der Waals surface area contributed by atoms with E-state index in [1.165, 1.54) is 0 Å². The fourth-order valence-electron chi connectivity index (χ4n) is 0.170. The normalized spacial score (nSPS) is 10.4. The van der Waals surface area contributed by atoms with Gasteiger partial charge in [-0.25, -0.2) is 0 Å². The molecule has 0 spiro atoms. The lowest BCUT2D eigenvalue weighted by Gasteiger charge is -1.83. The molecule has 0 amide bonds. The minimum atomic E-state index is -2.70. The molecular formula is C3H5NO4P+. The van der Waals surface area contributed by atoms with Crippen LogP contribution in [0, 0.1) is 11.3 Å². The molecule has 0 bridgehead atoms. The Hall–Kier alpha value is -0.530. The Morgan fingerprint density at radius 1 is 1.78 bits per heavy atom. The van der Waals surface area contributed by atoms with E-state index in [-0.39, 0.29) is 13.0 Å². The maximum atomic E-state index is 9.68. The second kappa shape index (κ2) is 5.60. The molecule has 1 unspecified atom stereocenters. The van der Waals surface area contributed by atoms with E-state index in [0.717, 1.165) is 0 Å². The zero-order valence-corrected chi connectivity index (χ0v) is 5.38. The zero-order valence-electron chi connectivity index (χ0n) is 4.48. The lowest BCUT2D eigenvalue weighted by Crippen LogP contribution is -1.88. The molecular weight excluding hydrogens is 145 g/mol. The van der Waals surface area contributed by atoms with Crippen molar-refractivity contribution in [1.29, 1.82) is 5.26 Å². The number of nitriles is 1. The van der Waals surface area contributed by atoms with E-state index in [1.54, 1.807) is 6.07 Å². The molecule has 0 heterocycles. The lowest BCUT2D eigenvalue weighted by molar-refractivity contribution is -0.205. The molecule has 0 saturated carbocycles. The van der Waals surface area contributed by atoms with Crippen molar-refractivity contribution in [3.63, 3.8) is 0 Å². The van der Waals surface area contributed by atoms with E-state index in [9.17, 15) is 4.57 Å². The zero-order chi connectivity index (χ0) is 7.11. The van der Waals surface area contributed by atoms with Crippen LogP contribution >= 0.6 is 8.25 Å². The van der Waals surface area contributed by atoms with Gasteiger partial charge in [-0.2, -0.15) is 10.1 Å². The van der Waals surface area contributed by atoms with Gasteiger partial charge in [-0.05, 0) is 0 Å². The Bertz CT molecular complexity index is 130. The first-order chi connectivity index (χ1) is 4.27. The van der Waals surface area contributed by atoms with Crippen LogP contribution in [0.4, 0.5) is 0 Å². The molecule has 1 atom stereocenters. The van der Waals surface area contributed by atoms with Gasteiger partial charge in [-0.15, -0.1) is 4.89 Å². The van der Waals surface area contributed by atoms with E-state index < -0.39 is 8.25 Å². The second-order valence-electron chi connectivity index (χ2n) is 1.04. The van der Waals surface area contributed by atoms with Crippen LogP contribution in [0.5, 0.6) is 0 Å². The predicted octanol–water partition coefficient (Wildman–Crippen LogP) is 0.498. The topological polar surface area (TPSA) is 79.5 Å². The first kappa shape index (κ1) is 8.47. The molecule has 50 valence electrons. The highest BCUT2D eigenvalue weighted by Crippen LogP contribution is 2.13. The van der Waals surface area contributed by atoms with Crippen LogP contribution in [0.3, 0.4) is 0 Å². The maximum Gasteiger partial charge on any atom is 0.725 e.